The van der Waals surface area contributed by atoms with E-state index in [1.165, 1.54) is 0 Å². The summed E-state index contributed by atoms with van der Waals surface area (Å²) in [6.45, 7) is 4.03. The number of primary amides is 1. The molecule has 126 valence electrons. The second-order valence-corrected chi connectivity index (χ2v) is 5.07. The van der Waals surface area contributed by atoms with Gasteiger partial charge in [-0.05, 0) is 50.2 Å². The number of benzene rings is 2. The van der Waals surface area contributed by atoms with Gasteiger partial charge in [-0.25, -0.2) is 0 Å². The molecule has 2 rings (SSSR count). The van der Waals surface area contributed by atoms with E-state index in [4.69, 9.17) is 15.2 Å². The molecule has 6 heteroatoms. The molecule has 3 N–H and O–H groups in total. The van der Waals surface area contributed by atoms with Crippen LogP contribution in [0.5, 0.6) is 11.5 Å². The van der Waals surface area contributed by atoms with Crippen molar-refractivity contribution in [3.8, 4) is 11.5 Å². The van der Waals surface area contributed by atoms with Crippen LogP contribution in [-0.4, -0.2) is 24.5 Å². The quantitative estimate of drug-likeness (QED) is 0.817. The molecule has 0 unspecified atom stereocenters. The first kappa shape index (κ1) is 17.3. The van der Waals surface area contributed by atoms with Crippen molar-refractivity contribution in [2.45, 2.75) is 20.0 Å². The molecule has 0 heterocycles. The van der Waals surface area contributed by atoms with Gasteiger partial charge in [0.05, 0.1) is 6.61 Å². The zero-order valence-electron chi connectivity index (χ0n) is 13.6. The van der Waals surface area contributed by atoms with E-state index in [0.29, 0.717) is 29.4 Å². The molecule has 0 saturated heterocycles. The molecule has 2 aromatic carbocycles. The zero-order valence-corrected chi connectivity index (χ0v) is 13.6. The van der Waals surface area contributed by atoms with Crippen molar-refractivity contribution in [3.05, 3.63) is 54.1 Å². The Morgan fingerprint density at radius 3 is 2.29 bits per heavy atom. The molecule has 2 amide bonds. The van der Waals surface area contributed by atoms with Crippen LogP contribution < -0.4 is 20.5 Å². The van der Waals surface area contributed by atoms with Crippen LogP contribution in [0.4, 0.5) is 5.69 Å². The first-order valence-corrected chi connectivity index (χ1v) is 7.60. The first-order valence-electron chi connectivity index (χ1n) is 7.60. The SMILES string of the molecule is CCOc1ccccc1O[C@H](C)C(=O)Nc1ccc(C(N)=O)cc1. The van der Waals surface area contributed by atoms with Crippen molar-refractivity contribution in [2.24, 2.45) is 5.73 Å². The maximum Gasteiger partial charge on any atom is 0.265 e. The highest BCUT2D eigenvalue weighted by Gasteiger charge is 2.17. The number of para-hydroxylation sites is 2. The number of carbonyl (C=O) groups excluding carboxylic acids is 2. The van der Waals surface area contributed by atoms with Gasteiger partial charge in [0.2, 0.25) is 5.91 Å². The van der Waals surface area contributed by atoms with E-state index in [0.717, 1.165) is 0 Å². The lowest BCUT2D eigenvalue weighted by atomic mass is 10.2. The monoisotopic (exact) mass is 328 g/mol. The second-order valence-electron chi connectivity index (χ2n) is 5.07. The number of amides is 2. The minimum absolute atomic E-state index is 0.312. The van der Waals surface area contributed by atoms with Crippen molar-refractivity contribution in [1.82, 2.24) is 0 Å². The Morgan fingerprint density at radius 2 is 1.71 bits per heavy atom. The first-order chi connectivity index (χ1) is 11.5. The molecule has 0 radical (unpaired) electrons. The number of hydrogen-bond acceptors (Lipinski definition) is 4. The Balaban J connectivity index is 2.01. The third-order valence-electron chi connectivity index (χ3n) is 3.26. The van der Waals surface area contributed by atoms with Crippen molar-refractivity contribution in [3.63, 3.8) is 0 Å². The highest BCUT2D eigenvalue weighted by atomic mass is 16.5. The molecule has 0 aromatic heterocycles. The summed E-state index contributed by atoms with van der Waals surface area (Å²) in [5.41, 5.74) is 6.11. The van der Waals surface area contributed by atoms with Crippen LogP contribution in [0.15, 0.2) is 48.5 Å². The molecule has 6 nitrogen and oxygen atoms in total. The lowest BCUT2D eigenvalue weighted by Gasteiger charge is -2.17. The van der Waals surface area contributed by atoms with Crippen molar-refractivity contribution < 1.29 is 19.1 Å². The fourth-order valence-electron chi connectivity index (χ4n) is 2.03. The zero-order chi connectivity index (χ0) is 17.5. The van der Waals surface area contributed by atoms with E-state index in [1.807, 2.05) is 19.1 Å². The molecule has 24 heavy (non-hydrogen) atoms. The lowest BCUT2D eigenvalue weighted by Crippen LogP contribution is -2.30. The minimum Gasteiger partial charge on any atom is -0.490 e. The third-order valence-corrected chi connectivity index (χ3v) is 3.26. The average Bonchev–Trinajstić information content (AvgIpc) is 2.57. The van der Waals surface area contributed by atoms with Gasteiger partial charge in [-0.1, -0.05) is 12.1 Å². The van der Waals surface area contributed by atoms with Crippen molar-refractivity contribution in [2.75, 3.05) is 11.9 Å². The van der Waals surface area contributed by atoms with Crippen LogP contribution in [-0.2, 0) is 4.79 Å². The van der Waals surface area contributed by atoms with E-state index in [-0.39, 0.29) is 5.91 Å². The Kier molecular flexibility index (Phi) is 5.78. The summed E-state index contributed by atoms with van der Waals surface area (Å²) in [6.07, 6.45) is -0.720. The van der Waals surface area contributed by atoms with Gasteiger partial charge in [-0.15, -0.1) is 0 Å². The highest BCUT2D eigenvalue weighted by Crippen LogP contribution is 2.27. The smallest absolute Gasteiger partial charge is 0.265 e. The van der Waals surface area contributed by atoms with Gasteiger partial charge in [-0.2, -0.15) is 0 Å². The third kappa shape index (κ3) is 4.49. The van der Waals surface area contributed by atoms with E-state index in [2.05, 4.69) is 5.32 Å². The van der Waals surface area contributed by atoms with Gasteiger partial charge in [0.1, 0.15) is 0 Å². The number of rotatable bonds is 7. The Bertz CT molecular complexity index is 713. The van der Waals surface area contributed by atoms with Crippen molar-refractivity contribution >= 4 is 17.5 Å². The molecule has 2 aromatic rings. The molecule has 0 aliphatic rings. The molecule has 0 aliphatic carbocycles. The minimum atomic E-state index is -0.720. The largest absolute Gasteiger partial charge is 0.490 e. The van der Waals surface area contributed by atoms with Crippen LogP contribution in [0.1, 0.15) is 24.2 Å². The molecule has 1 atom stereocenters. The molecular formula is C18H20N2O4. The summed E-state index contributed by atoms with van der Waals surface area (Å²) in [5, 5.41) is 2.72. The molecule has 0 spiro atoms. The van der Waals surface area contributed by atoms with Gasteiger partial charge < -0.3 is 20.5 Å². The van der Waals surface area contributed by atoms with Gasteiger partial charge in [0.25, 0.3) is 5.91 Å². The summed E-state index contributed by atoms with van der Waals surface area (Å²) >= 11 is 0. The number of carbonyl (C=O) groups is 2. The van der Waals surface area contributed by atoms with Gasteiger partial charge in [0, 0.05) is 11.3 Å². The second kappa shape index (κ2) is 8.01. The average molecular weight is 328 g/mol. The summed E-state index contributed by atoms with van der Waals surface area (Å²) in [4.78, 5) is 23.3. The van der Waals surface area contributed by atoms with E-state index < -0.39 is 12.0 Å². The van der Waals surface area contributed by atoms with Crippen LogP contribution in [0.25, 0.3) is 0 Å². The van der Waals surface area contributed by atoms with Gasteiger partial charge >= 0.3 is 0 Å². The van der Waals surface area contributed by atoms with E-state index >= 15 is 0 Å². The van der Waals surface area contributed by atoms with E-state index in [9.17, 15) is 9.59 Å². The number of anilines is 1. The van der Waals surface area contributed by atoms with Gasteiger partial charge in [-0.3, -0.25) is 9.59 Å². The topological polar surface area (TPSA) is 90.7 Å². The maximum atomic E-state index is 12.2. The molecule has 0 aliphatic heterocycles. The summed E-state index contributed by atoms with van der Waals surface area (Å²) in [6, 6.07) is 13.5. The number of nitrogens with one attached hydrogen (secondary N) is 1. The van der Waals surface area contributed by atoms with Crippen LogP contribution in [0, 0.1) is 0 Å². The fraction of sp³-hybridized carbons (Fsp3) is 0.222. The van der Waals surface area contributed by atoms with Crippen LogP contribution in [0.3, 0.4) is 0 Å². The Labute approximate surface area is 140 Å². The summed E-state index contributed by atoms with van der Waals surface area (Å²) in [7, 11) is 0. The number of nitrogens with two attached hydrogens (primary N) is 1. The highest BCUT2D eigenvalue weighted by molar-refractivity contribution is 5.96. The van der Waals surface area contributed by atoms with Crippen molar-refractivity contribution in [1.29, 1.82) is 0 Å². The number of ether oxygens (including phenoxy) is 2. The Hall–Kier alpha value is -3.02. The number of hydrogen-bond donors (Lipinski definition) is 2. The van der Waals surface area contributed by atoms with Crippen LogP contribution in [0.2, 0.25) is 0 Å². The standard InChI is InChI=1S/C18H20N2O4/c1-3-23-15-6-4-5-7-16(15)24-12(2)18(22)20-14-10-8-13(9-11-14)17(19)21/h4-12H,3H2,1-2H3,(H2,19,21)(H,20,22)/t12-/m1/s1. The molecular weight excluding hydrogens is 308 g/mol. The predicted molar refractivity (Wildman–Crippen MR) is 91.3 cm³/mol. The van der Waals surface area contributed by atoms with Crippen LogP contribution >= 0.6 is 0 Å². The summed E-state index contributed by atoms with van der Waals surface area (Å²) in [5.74, 6) is 0.266. The Morgan fingerprint density at radius 1 is 1.08 bits per heavy atom. The van der Waals surface area contributed by atoms with Gasteiger partial charge in [0.15, 0.2) is 17.6 Å². The lowest BCUT2D eigenvalue weighted by molar-refractivity contribution is -0.122. The predicted octanol–water partition coefficient (Wildman–Crippen LogP) is 2.59. The molecule has 0 fully saturated rings. The maximum absolute atomic E-state index is 12.2. The normalized spacial score (nSPS) is 11.4. The van der Waals surface area contributed by atoms with E-state index in [1.54, 1.807) is 43.3 Å². The molecule has 0 bridgehead atoms. The fourth-order valence-corrected chi connectivity index (χ4v) is 2.03. The summed E-state index contributed by atoms with van der Waals surface area (Å²) < 4.78 is 11.2. The molecule has 0 saturated carbocycles.